The van der Waals surface area contributed by atoms with Crippen LogP contribution in [0.4, 0.5) is 5.69 Å². The van der Waals surface area contributed by atoms with Gasteiger partial charge in [-0.15, -0.1) is 0 Å². The molecule has 3 atom stereocenters. The Hall–Kier alpha value is -1.35. The number of carbonyl (C=O) groups is 1. The molecule has 0 aromatic heterocycles. The topological polar surface area (TPSA) is 20.3 Å². The lowest BCUT2D eigenvalue weighted by Crippen LogP contribution is -2.47. The van der Waals surface area contributed by atoms with Crippen molar-refractivity contribution in [2.75, 3.05) is 39.6 Å². The maximum Gasteiger partial charge on any atom is 0.151 e. The number of benzene rings is 1. The maximum atomic E-state index is 13.0. The van der Waals surface area contributed by atoms with E-state index in [0.29, 0.717) is 11.8 Å². The third-order valence-electron chi connectivity index (χ3n) is 4.82. The summed E-state index contributed by atoms with van der Waals surface area (Å²) in [6.45, 7) is 0.952. The number of rotatable bonds is 2. The number of anilines is 1. The Morgan fingerprint density at radius 2 is 1.90 bits per heavy atom. The lowest BCUT2D eigenvalue weighted by atomic mass is 9.75. The zero-order valence-electron chi connectivity index (χ0n) is 13.0. The molecule has 1 heterocycles. The van der Waals surface area contributed by atoms with Crippen LogP contribution in [0, 0.1) is 5.92 Å². The van der Waals surface area contributed by atoms with Gasteiger partial charge in [-0.05, 0) is 24.5 Å². The van der Waals surface area contributed by atoms with E-state index in [2.05, 4.69) is 57.4 Å². The molecule has 3 heteroatoms. The third kappa shape index (κ3) is 2.14. The smallest absolute Gasteiger partial charge is 0.151 e. The molecule has 3 unspecified atom stereocenters. The van der Waals surface area contributed by atoms with Crippen LogP contribution in [0.25, 0.3) is 0 Å². The Balaban J connectivity index is 1.91. The first-order chi connectivity index (χ1) is 9.38. The van der Waals surface area contributed by atoms with Gasteiger partial charge in [0, 0.05) is 18.8 Å². The molecule has 1 aromatic carbocycles. The molecule has 20 heavy (non-hydrogen) atoms. The largest absolute Gasteiger partial charge is 0.370 e. The first-order valence-corrected chi connectivity index (χ1v) is 7.54. The molecule has 1 aromatic rings. The van der Waals surface area contributed by atoms with Gasteiger partial charge in [-0.2, -0.15) is 0 Å². The van der Waals surface area contributed by atoms with Gasteiger partial charge < -0.3 is 9.38 Å². The Kier molecular flexibility index (Phi) is 3.13. The highest BCUT2D eigenvalue weighted by molar-refractivity contribution is 5.93. The number of hydrogen-bond donors (Lipinski definition) is 0. The van der Waals surface area contributed by atoms with Crippen LogP contribution >= 0.6 is 0 Å². The average Bonchev–Trinajstić information content (AvgIpc) is 2.66. The van der Waals surface area contributed by atoms with Gasteiger partial charge in [0.15, 0.2) is 5.78 Å². The van der Waals surface area contributed by atoms with Crippen molar-refractivity contribution in [1.82, 2.24) is 0 Å². The molecule has 0 N–H and O–H groups in total. The van der Waals surface area contributed by atoms with Crippen molar-refractivity contribution >= 4 is 11.5 Å². The van der Waals surface area contributed by atoms with Gasteiger partial charge in [-0.1, -0.05) is 18.2 Å². The van der Waals surface area contributed by atoms with Crippen LogP contribution in [0.2, 0.25) is 0 Å². The quantitative estimate of drug-likeness (QED) is 0.771. The molecule has 1 saturated carbocycles. The number of nitrogens with zero attached hydrogens (tertiary/aromatic N) is 2. The Bertz CT molecular complexity index is 532. The fourth-order valence-electron chi connectivity index (χ4n) is 3.99. The number of hydrogen-bond acceptors (Lipinski definition) is 2. The zero-order valence-corrected chi connectivity index (χ0v) is 13.0. The monoisotopic (exact) mass is 273 g/mol. The molecule has 1 aliphatic heterocycles. The minimum absolute atomic E-state index is 0.0986. The van der Waals surface area contributed by atoms with Crippen molar-refractivity contribution < 1.29 is 9.28 Å². The second kappa shape index (κ2) is 4.59. The highest BCUT2D eigenvalue weighted by Gasteiger charge is 2.47. The van der Waals surface area contributed by atoms with E-state index in [1.807, 2.05) is 0 Å². The fraction of sp³-hybridized carbons (Fsp3) is 0.588. The number of para-hydroxylation sites is 1. The molecule has 108 valence electrons. The van der Waals surface area contributed by atoms with E-state index in [0.717, 1.165) is 23.9 Å². The maximum absolute atomic E-state index is 13.0. The molecular weight excluding hydrogens is 248 g/mol. The summed E-state index contributed by atoms with van der Waals surface area (Å²) in [6, 6.07) is 8.80. The van der Waals surface area contributed by atoms with Crippen molar-refractivity contribution in [1.29, 1.82) is 0 Å². The average molecular weight is 273 g/mol. The van der Waals surface area contributed by atoms with Crippen molar-refractivity contribution in [3.05, 3.63) is 29.8 Å². The predicted octanol–water partition coefficient (Wildman–Crippen LogP) is 2.27. The standard InChI is InChI=1S/C17H25N2O/c1-18-14-8-6-5-7-13(14)16-15(18)10-9-12(17(16)20)11-19(2,3)4/h5-8,12,15-16H,9-11H2,1-4H3/q+1. The molecular formula is C17H25N2O+. The number of Topliss-reactive ketones (excluding diaryl/α,β-unsaturated/α-hetero) is 1. The lowest BCUT2D eigenvalue weighted by molar-refractivity contribution is -0.872. The van der Waals surface area contributed by atoms with Gasteiger partial charge in [-0.25, -0.2) is 0 Å². The molecule has 0 spiro atoms. The molecule has 1 fully saturated rings. The van der Waals surface area contributed by atoms with Crippen LogP contribution in [0.3, 0.4) is 0 Å². The van der Waals surface area contributed by atoms with Crippen LogP contribution in [0.15, 0.2) is 24.3 Å². The normalized spacial score (nSPS) is 29.3. The van der Waals surface area contributed by atoms with Gasteiger partial charge in [0.25, 0.3) is 0 Å². The minimum atomic E-state index is 0.0986. The van der Waals surface area contributed by atoms with E-state index >= 15 is 0 Å². The summed E-state index contributed by atoms with van der Waals surface area (Å²) in [7, 11) is 8.66. The van der Waals surface area contributed by atoms with Crippen molar-refractivity contribution in [3.63, 3.8) is 0 Å². The molecule has 0 bridgehead atoms. The first-order valence-electron chi connectivity index (χ1n) is 7.54. The van der Waals surface area contributed by atoms with Gasteiger partial charge in [0.1, 0.15) is 0 Å². The Labute approximate surface area is 121 Å². The van der Waals surface area contributed by atoms with E-state index in [-0.39, 0.29) is 11.8 Å². The molecule has 3 nitrogen and oxygen atoms in total. The van der Waals surface area contributed by atoms with Gasteiger partial charge in [0.05, 0.1) is 39.5 Å². The summed E-state index contributed by atoms with van der Waals surface area (Å²) in [5, 5.41) is 0. The van der Waals surface area contributed by atoms with Crippen molar-refractivity contribution in [3.8, 4) is 0 Å². The lowest BCUT2D eigenvalue weighted by Gasteiger charge is -2.37. The Morgan fingerprint density at radius 1 is 1.20 bits per heavy atom. The second-order valence-corrected chi connectivity index (χ2v) is 7.36. The van der Waals surface area contributed by atoms with E-state index in [1.165, 1.54) is 11.3 Å². The summed E-state index contributed by atoms with van der Waals surface area (Å²) in [5.74, 6) is 0.781. The summed E-state index contributed by atoms with van der Waals surface area (Å²) in [6.07, 6.45) is 2.17. The van der Waals surface area contributed by atoms with Crippen LogP contribution < -0.4 is 4.90 Å². The van der Waals surface area contributed by atoms with Crippen LogP contribution in [0.1, 0.15) is 24.3 Å². The van der Waals surface area contributed by atoms with Crippen LogP contribution in [-0.2, 0) is 4.79 Å². The van der Waals surface area contributed by atoms with E-state index in [4.69, 9.17) is 0 Å². The van der Waals surface area contributed by atoms with Gasteiger partial charge in [-0.3, -0.25) is 4.79 Å². The molecule has 0 saturated heterocycles. The Morgan fingerprint density at radius 3 is 2.60 bits per heavy atom. The summed E-state index contributed by atoms with van der Waals surface area (Å²) < 4.78 is 0.866. The van der Waals surface area contributed by atoms with Crippen molar-refractivity contribution in [2.24, 2.45) is 5.92 Å². The fourth-order valence-corrected chi connectivity index (χ4v) is 3.99. The van der Waals surface area contributed by atoms with Crippen LogP contribution in [0.5, 0.6) is 0 Å². The molecule has 1 aliphatic carbocycles. The van der Waals surface area contributed by atoms with E-state index < -0.39 is 0 Å². The molecule has 3 rings (SSSR count). The van der Waals surface area contributed by atoms with Crippen LogP contribution in [-0.4, -0.2) is 51.0 Å². The number of carbonyl (C=O) groups excluding carboxylic acids is 1. The molecule has 0 amide bonds. The summed E-state index contributed by atoms with van der Waals surface area (Å²) in [5.41, 5.74) is 2.50. The molecule has 0 radical (unpaired) electrons. The van der Waals surface area contributed by atoms with Gasteiger partial charge >= 0.3 is 0 Å². The number of ketones is 1. The summed E-state index contributed by atoms with van der Waals surface area (Å²) >= 11 is 0. The first kappa shape index (κ1) is 13.6. The van der Waals surface area contributed by atoms with E-state index in [9.17, 15) is 4.79 Å². The second-order valence-electron chi connectivity index (χ2n) is 7.36. The van der Waals surface area contributed by atoms with E-state index in [1.54, 1.807) is 0 Å². The van der Waals surface area contributed by atoms with Crippen molar-refractivity contribution in [2.45, 2.75) is 24.8 Å². The van der Waals surface area contributed by atoms with Gasteiger partial charge in [0.2, 0.25) is 0 Å². The predicted molar refractivity (Wildman–Crippen MR) is 82.0 cm³/mol. The highest BCUT2D eigenvalue weighted by Crippen LogP contribution is 2.46. The number of quaternary nitrogens is 1. The minimum Gasteiger partial charge on any atom is -0.370 e. The number of likely N-dealkylation sites (N-methyl/N-ethyl adjacent to an activating group) is 1. The zero-order chi connectivity index (χ0) is 14.5. The number of fused-ring (bicyclic) bond motifs is 3. The SMILES string of the molecule is CN1c2ccccc2C2C(=O)C(C[N+](C)(C)C)CCC21. The summed E-state index contributed by atoms with van der Waals surface area (Å²) in [4.78, 5) is 15.3. The third-order valence-corrected chi connectivity index (χ3v) is 4.82. The molecule has 2 aliphatic rings. The highest BCUT2D eigenvalue weighted by atomic mass is 16.1.